The molecule has 3 aromatic rings. The molecule has 0 atom stereocenters. The van der Waals surface area contributed by atoms with Crippen LogP contribution >= 0.6 is 0 Å². The number of carbonyl (C=O) groups is 1. The predicted molar refractivity (Wildman–Crippen MR) is 101 cm³/mol. The van der Waals surface area contributed by atoms with E-state index in [4.69, 9.17) is 9.47 Å². The van der Waals surface area contributed by atoms with Gasteiger partial charge in [-0.15, -0.1) is 0 Å². The van der Waals surface area contributed by atoms with E-state index in [-0.39, 0.29) is 5.69 Å². The van der Waals surface area contributed by atoms with Gasteiger partial charge in [0.05, 0.1) is 18.9 Å². The molecule has 9 heteroatoms. The first kappa shape index (κ1) is 20.0. The number of hydrogen-bond acceptors (Lipinski definition) is 4. The molecular formula is C20H16F3N3O3. The summed E-state index contributed by atoms with van der Waals surface area (Å²) in [6, 6.07) is 13.5. The molecular weight excluding hydrogens is 387 g/mol. The van der Waals surface area contributed by atoms with Crippen molar-refractivity contribution in [3.05, 3.63) is 72.4 Å². The molecule has 0 radical (unpaired) electrons. The largest absolute Gasteiger partial charge is 0.481 e. The van der Waals surface area contributed by atoms with Crippen LogP contribution < -0.4 is 20.1 Å². The molecule has 0 aliphatic carbocycles. The minimum Gasteiger partial charge on any atom is -0.481 e. The van der Waals surface area contributed by atoms with Crippen LogP contribution in [0.1, 0.15) is 5.56 Å². The smallest absolute Gasteiger partial charge is 0.416 e. The highest BCUT2D eigenvalue weighted by atomic mass is 19.4. The fourth-order valence-electron chi connectivity index (χ4n) is 2.36. The molecule has 1 heterocycles. The Balaban J connectivity index is 1.58. The van der Waals surface area contributed by atoms with E-state index in [1.165, 1.54) is 25.4 Å². The van der Waals surface area contributed by atoms with Gasteiger partial charge >= 0.3 is 12.2 Å². The highest BCUT2D eigenvalue weighted by Gasteiger charge is 2.30. The van der Waals surface area contributed by atoms with E-state index in [1.54, 1.807) is 36.4 Å². The zero-order valence-electron chi connectivity index (χ0n) is 15.2. The number of carbonyl (C=O) groups excluding carboxylic acids is 1. The third kappa shape index (κ3) is 5.61. The van der Waals surface area contributed by atoms with Crippen molar-refractivity contribution in [2.45, 2.75) is 6.18 Å². The van der Waals surface area contributed by atoms with Crippen LogP contribution in [0.2, 0.25) is 0 Å². The van der Waals surface area contributed by atoms with Crippen molar-refractivity contribution in [2.75, 3.05) is 17.7 Å². The Morgan fingerprint density at radius 2 is 1.62 bits per heavy atom. The third-order valence-corrected chi connectivity index (χ3v) is 3.71. The predicted octanol–water partition coefficient (Wildman–Crippen LogP) is 5.55. The molecule has 0 unspecified atom stereocenters. The molecule has 3 rings (SSSR count). The summed E-state index contributed by atoms with van der Waals surface area (Å²) in [5.41, 5.74) is -0.371. The molecule has 2 aromatic carbocycles. The number of alkyl halides is 3. The van der Waals surface area contributed by atoms with Crippen LogP contribution in [0.25, 0.3) is 0 Å². The number of urea groups is 1. The first-order valence-corrected chi connectivity index (χ1v) is 8.37. The number of benzene rings is 2. The molecule has 2 amide bonds. The molecule has 0 aliphatic heterocycles. The quantitative estimate of drug-likeness (QED) is 0.586. The van der Waals surface area contributed by atoms with Crippen molar-refractivity contribution < 1.29 is 27.4 Å². The van der Waals surface area contributed by atoms with Gasteiger partial charge in [-0.2, -0.15) is 13.2 Å². The van der Waals surface area contributed by atoms with Gasteiger partial charge in [0.25, 0.3) is 0 Å². The maximum atomic E-state index is 12.7. The number of aromatic nitrogens is 1. The molecule has 6 nitrogen and oxygen atoms in total. The summed E-state index contributed by atoms with van der Waals surface area (Å²) >= 11 is 0. The number of amides is 2. The number of ether oxygens (including phenoxy) is 2. The Morgan fingerprint density at radius 1 is 0.931 bits per heavy atom. The average molecular weight is 403 g/mol. The number of anilines is 2. The lowest BCUT2D eigenvalue weighted by atomic mass is 10.2. The number of halogens is 3. The average Bonchev–Trinajstić information content (AvgIpc) is 2.69. The Labute approximate surface area is 164 Å². The second-order valence-corrected chi connectivity index (χ2v) is 5.82. The summed E-state index contributed by atoms with van der Waals surface area (Å²) in [4.78, 5) is 16.1. The van der Waals surface area contributed by atoms with Crippen LogP contribution in [0.3, 0.4) is 0 Å². The maximum Gasteiger partial charge on any atom is 0.416 e. The molecule has 0 fully saturated rings. The maximum absolute atomic E-state index is 12.7. The van der Waals surface area contributed by atoms with Crippen LogP contribution in [0.4, 0.5) is 29.3 Å². The van der Waals surface area contributed by atoms with Gasteiger partial charge in [-0.3, -0.25) is 0 Å². The highest BCUT2D eigenvalue weighted by Crippen LogP contribution is 2.30. The monoisotopic (exact) mass is 403 g/mol. The van der Waals surface area contributed by atoms with Gasteiger partial charge in [-0.1, -0.05) is 6.07 Å². The minimum absolute atomic E-state index is 0.0317. The van der Waals surface area contributed by atoms with Crippen molar-refractivity contribution >= 4 is 17.4 Å². The molecule has 29 heavy (non-hydrogen) atoms. The van der Waals surface area contributed by atoms with E-state index >= 15 is 0 Å². The topological polar surface area (TPSA) is 72.5 Å². The van der Waals surface area contributed by atoms with E-state index in [0.29, 0.717) is 23.1 Å². The SMILES string of the molecule is COc1ccc(Oc2ccc(NC(=O)Nc3cccc(C(F)(F)F)c3)cc2)cn1. The van der Waals surface area contributed by atoms with Gasteiger partial charge < -0.3 is 20.1 Å². The Morgan fingerprint density at radius 3 is 2.24 bits per heavy atom. The number of hydrogen-bond donors (Lipinski definition) is 2. The van der Waals surface area contributed by atoms with Gasteiger partial charge in [-0.05, 0) is 48.5 Å². The number of rotatable bonds is 5. The summed E-state index contributed by atoms with van der Waals surface area (Å²) < 4.78 is 48.8. The van der Waals surface area contributed by atoms with E-state index in [0.717, 1.165) is 12.1 Å². The van der Waals surface area contributed by atoms with Gasteiger partial charge in [-0.25, -0.2) is 9.78 Å². The first-order valence-electron chi connectivity index (χ1n) is 8.37. The number of methoxy groups -OCH3 is 1. The molecule has 0 bridgehead atoms. The Kier molecular flexibility index (Phi) is 5.87. The zero-order chi connectivity index (χ0) is 20.9. The fraction of sp³-hybridized carbons (Fsp3) is 0.100. The Bertz CT molecular complexity index is 975. The zero-order valence-corrected chi connectivity index (χ0v) is 15.2. The summed E-state index contributed by atoms with van der Waals surface area (Å²) in [6.07, 6.45) is -2.98. The number of nitrogens with zero attached hydrogens (tertiary/aromatic N) is 1. The molecule has 1 aromatic heterocycles. The molecule has 0 aliphatic rings. The van der Waals surface area contributed by atoms with Crippen molar-refractivity contribution in [1.82, 2.24) is 4.98 Å². The lowest BCUT2D eigenvalue weighted by molar-refractivity contribution is -0.137. The molecule has 0 spiro atoms. The summed E-state index contributed by atoms with van der Waals surface area (Å²) in [5, 5.41) is 4.91. The fourth-order valence-corrected chi connectivity index (χ4v) is 2.36. The minimum atomic E-state index is -4.48. The van der Waals surface area contributed by atoms with E-state index in [9.17, 15) is 18.0 Å². The Hall–Kier alpha value is -3.75. The molecule has 2 N–H and O–H groups in total. The van der Waals surface area contributed by atoms with E-state index < -0.39 is 17.8 Å². The van der Waals surface area contributed by atoms with Crippen LogP contribution in [0.5, 0.6) is 17.4 Å². The normalized spacial score (nSPS) is 10.9. The molecule has 0 saturated carbocycles. The van der Waals surface area contributed by atoms with Crippen LogP contribution in [0, 0.1) is 0 Å². The number of nitrogens with one attached hydrogen (secondary N) is 2. The van der Waals surface area contributed by atoms with Crippen molar-refractivity contribution in [1.29, 1.82) is 0 Å². The first-order chi connectivity index (χ1) is 13.8. The lowest BCUT2D eigenvalue weighted by Crippen LogP contribution is -2.19. The van der Waals surface area contributed by atoms with Crippen molar-refractivity contribution in [2.24, 2.45) is 0 Å². The van der Waals surface area contributed by atoms with Crippen LogP contribution in [-0.4, -0.2) is 18.1 Å². The van der Waals surface area contributed by atoms with Crippen LogP contribution in [-0.2, 0) is 6.18 Å². The van der Waals surface area contributed by atoms with Gasteiger partial charge in [0.1, 0.15) is 11.5 Å². The second kappa shape index (κ2) is 8.51. The summed E-state index contributed by atoms with van der Waals surface area (Å²) in [7, 11) is 1.51. The summed E-state index contributed by atoms with van der Waals surface area (Å²) in [6.45, 7) is 0. The standard InChI is InChI=1S/C20H16F3N3O3/c1-28-18-10-9-17(12-24-18)29-16-7-5-14(6-8-16)25-19(27)26-15-4-2-3-13(11-15)20(21,22)23/h2-12H,1H3,(H2,25,26,27). The van der Waals surface area contributed by atoms with Gasteiger partial charge in [0.15, 0.2) is 0 Å². The highest BCUT2D eigenvalue weighted by molar-refractivity contribution is 5.99. The molecule has 150 valence electrons. The van der Waals surface area contributed by atoms with E-state index in [1.807, 2.05) is 0 Å². The second-order valence-electron chi connectivity index (χ2n) is 5.82. The molecule has 0 saturated heterocycles. The van der Waals surface area contributed by atoms with Crippen molar-refractivity contribution in [3.63, 3.8) is 0 Å². The van der Waals surface area contributed by atoms with Crippen LogP contribution in [0.15, 0.2) is 66.9 Å². The van der Waals surface area contributed by atoms with Gasteiger partial charge in [0, 0.05) is 17.4 Å². The lowest BCUT2D eigenvalue weighted by Gasteiger charge is -2.11. The van der Waals surface area contributed by atoms with Crippen molar-refractivity contribution in [3.8, 4) is 17.4 Å². The van der Waals surface area contributed by atoms with E-state index in [2.05, 4.69) is 15.6 Å². The number of pyridine rings is 1. The summed E-state index contributed by atoms with van der Waals surface area (Å²) in [5.74, 6) is 1.48. The van der Waals surface area contributed by atoms with Gasteiger partial charge in [0.2, 0.25) is 5.88 Å². The third-order valence-electron chi connectivity index (χ3n) is 3.71.